The number of hydrogen-bond donors (Lipinski definition) is 1. The van der Waals surface area contributed by atoms with Crippen molar-refractivity contribution in [1.82, 2.24) is 15.1 Å². The van der Waals surface area contributed by atoms with E-state index in [4.69, 9.17) is 4.99 Å². The maximum atomic E-state index is 4.79. The summed E-state index contributed by atoms with van der Waals surface area (Å²) >= 11 is 0. The first kappa shape index (κ1) is 20.7. The molecule has 1 rings (SSSR count). The molecule has 0 amide bonds. The van der Waals surface area contributed by atoms with Crippen molar-refractivity contribution in [3.8, 4) is 0 Å². The molecule has 1 atom stereocenters. The van der Waals surface area contributed by atoms with E-state index >= 15 is 0 Å². The van der Waals surface area contributed by atoms with Gasteiger partial charge in [-0.3, -0.25) is 9.89 Å². The molecule has 0 radical (unpaired) electrons. The Balaban J connectivity index is 0.00000400. The first-order valence-electron chi connectivity index (χ1n) is 7.92. The van der Waals surface area contributed by atoms with Crippen LogP contribution in [0.15, 0.2) is 17.6 Å². The van der Waals surface area contributed by atoms with Gasteiger partial charge < -0.3 is 10.2 Å². The summed E-state index contributed by atoms with van der Waals surface area (Å²) in [4.78, 5) is 9.47. The Morgan fingerprint density at radius 3 is 2.62 bits per heavy atom. The highest BCUT2D eigenvalue weighted by molar-refractivity contribution is 14.0. The molecule has 1 saturated carbocycles. The Hall–Kier alpha value is -0.300. The lowest BCUT2D eigenvalue weighted by molar-refractivity contribution is 0.252. The molecule has 4 nitrogen and oxygen atoms in total. The van der Waals surface area contributed by atoms with Crippen LogP contribution in [0, 0.1) is 0 Å². The van der Waals surface area contributed by atoms with Gasteiger partial charge in [-0.15, -0.1) is 30.6 Å². The van der Waals surface area contributed by atoms with Gasteiger partial charge in [0.2, 0.25) is 0 Å². The number of unbranched alkanes of at least 4 members (excludes halogenated alkanes) is 1. The number of nitrogens with zero attached hydrogens (tertiary/aromatic N) is 3. The second-order valence-electron chi connectivity index (χ2n) is 5.79. The molecule has 0 aromatic heterocycles. The largest absolute Gasteiger partial charge is 0.357 e. The fourth-order valence-electron chi connectivity index (χ4n) is 2.24. The average molecular weight is 408 g/mol. The van der Waals surface area contributed by atoms with Gasteiger partial charge in [0.15, 0.2) is 5.96 Å². The van der Waals surface area contributed by atoms with E-state index in [2.05, 4.69) is 49.6 Å². The lowest BCUT2D eigenvalue weighted by Gasteiger charge is -2.25. The van der Waals surface area contributed by atoms with Crippen LogP contribution in [0.4, 0.5) is 0 Å². The van der Waals surface area contributed by atoms with E-state index in [1.165, 1.54) is 12.8 Å². The molecular weight excluding hydrogens is 375 g/mol. The summed E-state index contributed by atoms with van der Waals surface area (Å²) in [5.74, 6) is 1.02. The minimum absolute atomic E-state index is 0. The Labute approximate surface area is 148 Å². The van der Waals surface area contributed by atoms with Gasteiger partial charge in [0.1, 0.15) is 0 Å². The van der Waals surface area contributed by atoms with E-state index in [-0.39, 0.29) is 24.0 Å². The van der Waals surface area contributed by atoms with Crippen molar-refractivity contribution in [2.45, 2.75) is 51.6 Å². The van der Waals surface area contributed by atoms with Crippen LogP contribution < -0.4 is 5.32 Å². The van der Waals surface area contributed by atoms with Gasteiger partial charge in [0.05, 0.1) is 6.54 Å². The van der Waals surface area contributed by atoms with Crippen molar-refractivity contribution >= 4 is 29.9 Å². The van der Waals surface area contributed by atoms with Crippen molar-refractivity contribution in [2.24, 2.45) is 4.99 Å². The molecule has 1 N–H and O–H groups in total. The van der Waals surface area contributed by atoms with Crippen LogP contribution in [-0.4, -0.2) is 61.6 Å². The molecule has 0 aromatic carbocycles. The summed E-state index contributed by atoms with van der Waals surface area (Å²) < 4.78 is 0. The third-order valence-electron chi connectivity index (χ3n) is 3.92. The zero-order valence-corrected chi connectivity index (χ0v) is 16.5. The number of allylic oxidation sites excluding steroid dienone is 1. The van der Waals surface area contributed by atoms with Crippen LogP contribution in [-0.2, 0) is 0 Å². The quantitative estimate of drug-likeness (QED) is 0.209. The number of aliphatic imine (C=N–C) groups is 1. The van der Waals surface area contributed by atoms with Crippen molar-refractivity contribution in [1.29, 1.82) is 0 Å². The van der Waals surface area contributed by atoms with Gasteiger partial charge in [-0.1, -0.05) is 6.08 Å². The van der Waals surface area contributed by atoms with Gasteiger partial charge in [0, 0.05) is 32.2 Å². The standard InChI is InChI=1S/C16H32N4.HI/c1-6-8-9-12-19(4)16(17-7-2)18-13-14(3)20(5)15-10-11-15;/h6,14-15H,1,7-13H2,2-5H3,(H,17,18);1H. The summed E-state index contributed by atoms with van der Waals surface area (Å²) in [7, 11) is 4.33. The Morgan fingerprint density at radius 1 is 1.43 bits per heavy atom. The van der Waals surface area contributed by atoms with Gasteiger partial charge in [-0.25, -0.2) is 0 Å². The van der Waals surface area contributed by atoms with E-state index < -0.39 is 0 Å². The summed E-state index contributed by atoms with van der Waals surface area (Å²) in [6, 6.07) is 1.31. The third kappa shape index (κ3) is 8.04. The molecule has 0 saturated heterocycles. The molecule has 0 spiro atoms. The monoisotopic (exact) mass is 408 g/mol. The van der Waals surface area contributed by atoms with Gasteiger partial charge in [0.25, 0.3) is 0 Å². The van der Waals surface area contributed by atoms with E-state index in [1.54, 1.807) is 0 Å². The SMILES string of the molecule is C=CCCCN(C)C(=NCC(C)N(C)C1CC1)NCC.I. The highest BCUT2D eigenvalue weighted by atomic mass is 127. The highest BCUT2D eigenvalue weighted by Gasteiger charge is 2.28. The molecule has 0 heterocycles. The van der Waals surface area contributed by atoms with Gasteiger partial charge in [-0.2, -0.15) is 0 Å². The number of guanidine groups is 1. The smallest absolute Gasteiger partial charge is 0.193 e. The predicted molar refractivity (Wildman–Crippen MR) is 104 cm³/mol. The third-order valence-corrected chi connectivity index (χ3v) is 3.92. The number of hydrogen-bond acceptors (Lipinski definition) is 2. The topological polar surface area (TPSA) is 30.9 Å². The zero-order valence-electron chi connectivity index (χ0n) is 14.1. The maximum Gasteiger partial charge on any atom is 0.193 e. The fourth-order valence-corrected chi connectivity index (χ4v) is 2.24. The zero-order chi connectivity index (χ0) is 15.0. The molecule has 1 aliphatic rings. The number of halogens is 1. The number of nitrogens with one attached hydrogen (secondary N) is 1. The molecule has 0 aromatic rings. The molecule has 21 heavy (non-hydrogen) atoms. The average Bonchev–Trinajstić information content (AvgIpc) is 3.26. The Bertz CT molecular complexity index is 315. The van der Waals surface area contributed by atoms with Crippen LogP contribution >= 0.6 is 24.0 Å². The first-order chi connectivity index (χ1) is 9.60. The maximum absolute atomic E-state index is 4.79. The molecule has 1 fully saturated rings. The number of likely N-dealkylation sites (N-methyl/N-ethyl adjacent to an activating group) is 1. The Kier molecular flexibility index (Phi) is 11.1. The Morgan fingerprint density at radius 2 is 2.10 bits per heavy atom. The second-order valence-corrected chi connectivity index (χ2v) is 5.79. The van der Waals surface area contributed by atoms with Gasteiger partial charge >= 0.3 is 0 Å². The predicted octanol–water partition coefficient (Wildman–Crippen LogP) is 2.95. The molecule has 1 aliphatic carbocycles. The van der Waals surface area contributed by atoms with Crippen LogP contribution in [0.25, 0.3) is 0 Å². The minimum Gasteiger partial charge on any atom is -0.357 e. The summed E-state index contributed by atoms with van der Waals surface area (Å²) in [6.07, 6.45) is 6.87. The summed E-state index contributed by atoms with van der Waals surface area (Å²) in [5.41, 5.74) is 0. The van der Waals surface area contributed by atoms with E-state index in [0.717, 1.165) is 44.5 Å². The summed E-state index contributed by atoms with van der Waals surface area (Å²) in [5, 5.41) is 3.38. The van der Waals surface area contributed by atoms with Crippen LogP contribution in [0.5, 0.6) is 0 Å². The normalized spacial score (nSPS) is 16.3. The second kappa shape index (κ2) is 11.3. The first-order valence-corrected chi connectivity index (χ1v) is 7.92. The minimum atomic E-state index is 0. The lowest BCUT2D eigenvalue weighted by Crippen LogP contribution is -2.41. The molecule has 0 bridgehead atoms. The van der Waals surface area contributed by atoms with Gasteiger partial charge in [-0.05, 0) is 46.6 Å². The fraction of sp³-hybridized carbons (Fsp3) is 0.812. The van der Waals surface area contributed by atoms with Crippen molar-refractivity contribution in [3.05, 3.63) is 12.7 Å². The van der Waals surface area contributed by atoms with E-state index in [0.29, 0.717) is 6.04 Å². The van der Waals surface area contributed by atoms with Crippen molar-refractivity contribution in [2.75, 3.05) is 33.7 Å². The van der Waals surface area contributed by atoms with Crippen molar-refractivity contribution in [3.63, 3.8) is 0 Å². The molecule has 1 unspecified atom stereocenters. The van der Waals surface area contributed by atoms with Crippen LogP contribution in [0.1, 0.15) is 39.5 Å². The molecule has 5 heteroatoms. The van der Waals surface area contributed by atoms with E-state index in [9.17, 15) is 0 Å². The molecule has 124 valence electrons. The summed E-state index contributed by atoms with van der Waals surface area (Å²) in [6.45, 7) is 10.9. The molecule has 0 aliphatic heterocycles. The van der Waals surface area contributed by atoms with E-state index in [1.807, 2.05) is 6.08 Å². The van der Waals surface area contributed by atoms with Crippen LogP contribution in [0.3, 0.4) is 0 Å². The lowest BCUT2D eigenvalue weighted by atomic mass is 10.3. The number of rotatable bonds is 9. The van der Waals surface area contributed by atoms with Crippen molar-refractivity contribution < 1.29 is 0 Å². The highest BCUT2D eigenvalue weighted by Crippen LogP contribution is 2.26. The molecular formula is C16H33IN4. The van der Waals surface area contributed by atoms with Crippen LogP contribution in [0.2, 0.25) is 0 Å².